The second-order valence-corrected chi connectivity index (χ2v) is 10.6. The van der Waals surface area contributed by atoms with Crippen molar-refractivity contribution in [2.75, 3.05) is 23.8 Å². The van der Waals surface area contributed by atoms with Crippen LogP contribution in [0.25, 0.3) is 20.8 Å². The summed E-state index contributed by atoms with van der Waals surface area (Å²) in [6.07, 6.45) is 2.18. The van der Waals surface area contributed by atoms with Gasteiger partial charge in [0, 0.05) is 19.3 Å². The van der Waals surface area contributed by atoms with E-state index in [4.69, 9.17) is 9.97 Å². The van der Waals surface area contributed by atoms with E-state index in [1.807, 2.05) is 26.8 Å². The van der Waals surface area contributed by atoms with Crippen molar-refractivity contribution in [1.82, 2.24) is 19.9 Å². The maximum Gasteiger partial charge on any atom is 0.224 e. The van der Waals surface area contributed by atoms with Crippen LogP contribution in [0.2, 0.25) is 0 Å². The van der Waals surface area contributed by atoms with Gasteiger partial charge in [0.05, 0.1) is 21.7 Å². The van der Waals surface area contributed by atoms with Gasteiger partial charge in [0.2, 0.25) is 5.95 Å². The van der Waals surface area contributed by atoms with Gasteiger partial charge in [0.15, 0.2) is 0 Å². The molecule has 0 bridgehead atoms. The van der Waals surface area contributed by atoms with Gasteiger partial charge in [-0.15, -0.1) is 11.3 Å². The lowest BCUT2D eigenvalue weighted by molar-refractivity contribution is 0.166. The molecular weight excluding hydrogens is 424 g/mol. The lowest BCUT2D eigenvalue weighted by Gasteiger charge is -2.21. The lowest BCUT2D eigenvalue weighted by Crippen LogP contribution is -2.23. The molecule has 0 spiro atoms. The first-order valence-corrected chi connectivity index (χ1v) is 11.8. The first kappa shape index (κ1) is 24.3. The largest absolute Gasteiger partial charge is 0.396 e. The number of hydrogen-bond acceptors (Lipinski definition) is 9. The molecule has 0 aliphatic rings. The number of nitrogens with one attached hydrogen (secondary N) is 2. The van der Waals surface area contributed by atoms with Gasteiger partial charge in [0.1, 0.15) is 22.6 Å². The van der Waals surface area contributed by atoms with E-state index in [1.54, 1.807) is 17.5 Å². The highest BCUT2D eigenvalue weighted by Gasteiger charge is 2.21. The van der Waals surface area contributed by atoms with E-state index in [2.05, 4.69) is 41.4 Å². The Bertz CT molecular complexity index is 1060. The summed E-state index contributed by atoms with van der Waals surface area (Å²) >= 11 is 1.56. The quantitative estimate of drug-likeness (QED) is 0.350. The van der Waals surface area contributed by atoms with Gasteiger partial charge in [-0.1, -0.05) is 27.7 Å². The van der Waals surface area contributed by atoms with Crippen LogP contribution in [0.1, 0.15) is 51.9 Å². The summed E-state index contributed by atoms with van der Waals surface area (Å²) in [5, 5.41) is 27.2. The first-order valence-electron chi connectivity index (χ1n) is 11.0. The number of thiazole rings is 1. The second-order valence-electron chi connectivity index (χ2n) is 9.56. The predicted octanol–water partition coefficient (Wildman–Crippen LogP) is 4.36. The molecular formula is C23H34N6O2S. The number of aromatic nitrogens is 4. The van der Waals surface area contributed by atoms with E-state index < -0.39 is 6.23 Å². The molecule has 3 aromatic rings. The number of aliphatic hydroxyl groups is 2. The molecule has 3 heterocycles. The average molecular weight is 459 g/mol. The fourth-order valence-electron chi connectivity index (χ4n) is 3.21. The van der Waals surface area contributed by atoms with Gasteiger partial charge in [-0.05, 0) is 44.1 Å². The summed E-state index contributed by atoms with van der Waals surface area (Å²) < 4.78 is 1.05. The molecule has 4 N–H and O–H groups in total. The van der Waals surface area contributed by atoms with Gasteiger partial charge in [-0.3, -0.25) is 4.98 Å². The summed E-state index contributed by atoms with van der Waals surface area (Å²) in [7, 11) is 0. The van der Waals surface area contributed by atoms with Gasteiger partial charge >= 0.3 is 0 Å². The third-order valence-electron chi connectivity index (χ3n) is 5.12. The van der Waals surface area contributed by atoms with Crippen LogP contribution in [0.15, 0.2) is 12.3 Å². The average Bonchev–Trinajstić information content (AvgIpc) is 3.14. The molecule has 0 aliphatic heterocycles. The molecule has 0 amide bonds. The smallest absolute Gasteiger partial charge is 0.224 e. The maximum absolute atomic E-state index is 10.6. The van der Waals surface area contributed by atoms with Crippen LogP contribution < -0.4 is 10.6 Å². The van der Waals surface area contributed by atoms with Crippen molar-refractivity contribution in [2.45, 2.75) is 60.6 Å². The molecule has 0 fully saturated rings. The highest BCUT2D eigenvalue weighted by atomic mass is 32.1. The maximum atomic E-state index is 10.6. The molecule has 0 aromatic carbocycles. The summed E-state index contributed by atoms with van der Waals surface area (Å²) in [6.45, 7) is 13.1. The monoisotopic (exact) mass is 458 g/mol. The number of nitrogens with zero attached hydrogens (tertiary/aromatic N) is 4. The SMILES string of the molecule is Cc1nc(NCC(C)(C)C)nc(NC(O)CCC(C)CO)c1-c1nc2c(C)nccc2s1. The number of pyridine rings is 1. The van der Waals surface area contributed by atoms with Crippen LogP contribution in [-0.4, -0.2) is 49.5 Å². The Morgan fingerprint density at radius 3 is 2.50 bits per heavy atom. The molecule has 0 saturated carbocycles. The Hall–Kier alpha value is -2.36. The van der Waals surface area contributed by atoms with Crippen molar-refractivity contribution in [3.63, 3.8) is 0 Å². The summed E-state index contributed by atoms with van der Waals surface area (Å²) in [5.74, 6) is 1.18. The third-order valence-corrected chi connectivity index (χ3v) is 6.16. The Kier molecular flexibility index (Phi) is 7.63. The number of aryl methyl sites for hydroxylation is 2. The first-order chi connectivity index (χ1) is 15.1. The van der Waals surface area contributed by atoms with Crippen molar-refractivity contribution in [3.8, 4) is 10.6 Å². The summed E-state index contributed by atoms with van der Waals surface area (Å²) in [6, 6.07) is 1.96. The Morgan fingerprint density at radius 2 is 1.84 bits per heavy atom. The molecule has 0 saturated heterocycles. The van der Waals surface area contributed by atoms with Crippen LogP contribution in [0.3, 0.4) is 0 Å². The third kappa shape index (κ3) is 6.11. The predicted molar refractivity (Wildman–Crippen MR) is 131 cm³/mol. The Morgan fingerprint density at radius 1 is 1.09 bits per heavy atom. The molecule has 0 radical (unpaired) electrons. The lowest BCUT2D eigenvalue weighted by atomic mass is 9.97. The van der Waals surface area contributed by atoms with E-state index >= 15 is 0 Å². The molecule has 2 unspecified atom stereocenters. The van der Waals surface area contributed by atoms with Gasteiger partial charge < -0.3 is 20.8 Å². The van der Waals surface area contributed by atoms with Crippen molar-refractivity contribution in [2.24, 2.45) is 11.3 Å². The van der Waals surface area contributed by atoms with Crippen molar-refractivity contribution in [1.29, 1.82) is 0 Å². The van der Waals surface area contributed by atoms with E-state index in [0.29, 0.717) is 31.2 Å². The summed E-state index contributed by atoms with van der Waals surface area (Å²) in [4.78, 5) is 18.5. The molecule has 9 heteroatoms. The van der Waals surface area contributed by atoms with Gasteiger partial charge in [-0.25, -0.2) is 9.97 Å². The number of fused-ring (bicyclic) bond motifs is 1. The van der Waals surface area contributed by atoms with Crippen LogP contribution in [0, 0.1) is 25.2 Å². The summed E-state index contributed by atoms with van der Waals surface area (Å²) in [5.41, 5.74) is 3.37. The highest BCUT2D eigenvalue weighted by Crippen LogP contribution is 2.37. The molecule has 8 nitrogen and oxygen atoms in total. The standard InChI is InChI=1S/C23H34N6O2S/c1-13(11-30)7-8-17(31)27-20-18(14(2)26-22(29-20)25-12-23(4,5)6)21-28-19-15(3)24-10-9-16(19)32-21/h9-10,13,17,30-31H,7-8,11-12H2,1-6H3,(H2,25,26,27,29). The minimum atomic E-state index is -0.801. The number of anilines is 2. The second kappa shape index (κ2) is 10.1. The molecule has 32 heavy (non-hydrogen) atoms. The van der Waals surface area contributed by atoms with Crippen LogP contribution in [0.4, 0.5) is 11.8 Å². The highest BCUT2D eigenvalue weighted by molar-refractivity contribution is 7.21. The fraction of sp³-hybridized carbons (Fsp3) is 0.565. The topological polar surface area (TPSA) is 116 Å². The Labute approximate surface area is 193 Å². The normalized spacial score (nSPS) is 13.9. The molecule has 0 aliphatic carbocycles. The van der Waals surface area contributed by atoms with Crippen LogP contribution in [0.5, 0.6) is 0 Å². The van der Waals surface area contributed by atoms with Crippen molar-refractivity contribution in [3.05, 3.63) is 23.7 Å². The van der Waals surface area contributed by atoms with E-state index in [9.17, 15) is 10.2 Å². The zero-order valence-electron chi connectivity index (χ0n) is 19.7. The molecule has 3 rings (SSSR count). The van der Waals surface area contributed by atoms with Gasteiger partial charge in [0.25, 0.3) is 0 Å². The van der Waals surface area contributed by atoms with E-state index in [-0.39, 0.29) is 17.9 Å². The van der Waals surface area contributed by atoms with Crippen molar-refractivity contribution >= 4 is 33.3 Å². The van der Waals surface area contributed by atoms with Gasteiger partial charge in [-0.2, -0.15) is 4.98 Å². The zero-order valence-corrected chi connectivity index (χ0v) is 20.5. The minimum absolute atomic E-state index is 0.0705. The van der Waals surface area contributed by atoms with Crippen LogP contribution >= 0.6 is 11.3 Å². The van der Waals surface area contributed by atoms with E-state index in [1.165, 1.54) is 0 Å². The van der Waals surface area contributed by atoms with Crippen LogP contribution in [-0.2, 0) is 0 Å². The fourth-order valence-corrected chi connectivity index (χ4v) is 4.32. The Balaban J connectivity index is 1.98. The van der Waals surface area contributed by atoms with Crippen molar-refractivity contribution < 1.29 is 10.2 Å². The number of hydrogen-bond donors (Lipinski definition) is 4. The molecule has 3 aromatic heterocycles. The van der Waals surface area contributed by atoms with E-state index in [0.717, 1.165) is 32.2 Å². The number of rotatable bonds is 9. The number of aliphatic hydroxyl groups excluding tert-OH is 2. The minimum Gasteiger partial charge on any atom is -0.396 e. The zero-order chi connectivity index (χ0) is 23.5. The molecule has 174 valence electrons. The molecule has 2 atom stereocenters.